The lowest BCUT2D eigenvalue weighted by Crippen LogP contribution is -2.24. The fraction of sp³-hybridized carbons (Fsp3) is 0.100. The summed E-state index contributed by atoms with van der Waals surface area (Å²) < 4.78 is 24.7. The second-order valence-electron chi connectivity index (χ2n) is 6.29. The van der Waals surface area contributed by atoms with Crippen LogP contribution < -0.4 is 9.64 Å². The monoisotopic (exact) mass is 375 g/mol. The van der Waals surface area contributed by atoms with Crippen LogP contribution in [0, 0.1) is 5.82 Å². The zero-order chi connectivity index (χ0) is 18.9. The van der Waals surface area contributed by atoms with Gasteiger partial charge in [0.15, 0.2) is 18.0 Å². The van der Waals surface area contributed by atoms with Crippen molar-refractivity contribution in [3.8, 4) is 11.5 Å². The molecule has 8 heteroatoms. The predicted octanol–water partition coefficient (Wildman–Crippen LogP) is 3.90. The number of hydrogen-bond acceptors (Lipinski definition) is 7. The van der Waals surface area contributed by atoms with Crippen LogP contribution in [0.25, 0.3) is 0 Å². The molecule has 1 aromatic carbocycles. The number of benzene rings is 1. The van der Waals surface area contributed by atoms with E-state index in [-0.39, 0.29) is 6.04 Å². The average molecular weight is 375 g/mol. The number of pyridine rings is 1. The molecule has 138 valence electrons. The summed E-state index contributed by atoms with van der Waals surface area (Å²) >= 11 is 0. The van der Waals surface area contributed by atoms with E-state index >= 15 is 0 Å². The quantitative estimate of drug-likeness (QED) is 0.535. The smallest absolute Gasteiger partial charge is 0.226 e. The Hall–Kier alpha value is -3.81. The molecule has 3 aromatic heterocycles. The molecule has 28 heavy (non-hydrogen) atoms. The van der Waals surface area contributed by atoms with Crippen LogP contribution in [0.15, 0.2) is 72.1 Å². The number of oxazole rings is 1. The number of nitrogens with zero attached hydrogens (tertiary/aromatic N) is 5. The van der Waals surface area contributed by atoms with Crippen LogP contribution in [-0.4, -0.2) is 19.9 Å². The summed E-state index contributed by atoms with van der Waals surface area (Å²) in [5.41, 5.74) is 2.07. The van der Waals surface area contributed by atoms with Crippen molar-refractivity contribution in [3.05, 3.63) is 90.4 Å². The number of halogens is 1. The first kappa shape index (κ1) is 16.4. The number of rotatable bonds is 4. The number of ether oxygens (including phenoxy) is 1. The SMILES string of the molecule is Fc1cnc(N2Cc3cc(Oc4cccnc4)ccc3C2c2cnco2)nc1. The number of hydrogen-bond donors (Lipinski definition) is 0. The molecule has 0 radical (unpaired) electrons. The molecule has 0 N–H and O–H groups in total. The van der Waals surface area contributed by atoms with E-state index in [0.29, 0.717) is 29.8 Å². The number of fused-ring (bicyclic) bond motifs is 1. The molecule has 1 atom stereocenters. The van der Waals surface area contributed by atoms with Crippen molar-refractivity contribution in [2.45, 2.75) is 12.6 Å². The summed E-state index contributed by atoms with van der Waals surface area (Å²) in [7, 11) is 0. The third-order valence-corrected chi connectivity index (χ3v) is 4.52. The molecule has 0 spiro atoms. The van der Waals surface area contributed by atoms with E-state index in [2.05, 4.69) is 19.9 Å². The molecule has 0 saturated heterocycles. The van der Waals surface area contributed by atoms with E-state index in [9.17, 15) is 4.39 Å². The molecule has 0 amide bonds. The van der Waals surface area contributed by atoms with E-state index in [1.807, 2.05) is 35.2 Å². The molecule has 0 aliphatic carbocycles. The Morgan fingerprint density at radius 1 is 1.04 bits per heavy atom. The molecule has 0 saturated carbocycles. The van der Waals surface area contributed by atoms with Gasteiger partial charge in [-0.3, -0.25) is 4.98 Å². The molecule has 4 aromatic rings. The minimum atomic E-state index is -0.483. The van der Waals surface area contributed by atoms with Gasteiger partial charge in [0.1, 0.15) is 17.5 Å². The van der Waals surface area contributed by atoms with E-state index in [0.717, 1.165) is 23.5 Å². The molecule has 5 rings (SSSR count). The van der Waals surface area contributed by atoms with Gasteiger partial charge in [0.05, 0.1) is 24.8 Å². The highest BCUT2D eigenvalue weighted by molar-refractivity contribution is 5.53. The van der Waals surface area contributed by atoms with Crippen molar-refractivity contribution < 1.29 is 13.5 Å². The lowest BCUT2D eigenvalue weighted by Gasteiger charge is -2.23. The van der Waals surface area contributed by atoms with Gasteiger partial charge in [-0.15, -0.1) is 0 Å². The number of aromatic nitrogens is 4. The van der Waals surface area contributed by atoms with Crippen molar-refractivity contribution in [1.29, 1.82) is 0 Å². The van der Waals surface area contributed by atoms with Gasteiger partial charge < -0.3 is 14.1 Å². The summed E-state index contributed by atoms with van der Waals surface area (Å²) in [6.07, 6.45) is 8.70. The fourth-order valence-electron chi connectivity index (χ4n) is 3.34. The van der Waals surface area contributed by atoms with Crippen LogP contribution in [-0.2, 0) is 6.54 Å². The van der Waals surface area contributed by atoms with Crippen molar-refractivity contribution >= 4 is 5.95 Å². The Labute approximate surface area is 159 Å². The van der Waals surface area contributed by atoms with Crippen molar-refractivity contribution in [2.75, 3.05) is 4.90 Å². The molecular formula is C20H14FN5O2. The van der Waals surface area contributed by atoms with Gasteiger partial charge in [-0.25, -0.2) is 19.3 Å². The van der Waals surface area contributed by atoms with Crippen molar-refractivity contribution in [1.82, 2.24) is 19.9 Å². The Morgan fingerprint density at radius 2 is 1.93 bits per heavy atom. The van der Waals surface area contributed by atoms with E-state index < -0.39 is 5.82 Å². The van der Waals surface area contributed by atoms with Gasteiger partial charge in [0.2, 0.25) is 5.95 Å². The summed E-state index contributed by atoms with van der Waals surface area (Å²) in [5.74, 6) is 1.95. The van der Waals surface area contributed by atoms with Crippen LogP contribution >= 0.6 is 0 Å². The Balaban J connectivity index is 1.52. The zero-order valence-corrected chi connectivity index (χ0v) is 14.6. The average Bonchev–Trinajstić information content (AvgIpc) is 3.36. The van der Waals surface area contributed by atoms with Gasteiger partial charge in [0.25, 0.3) is 0 Å². The molecule has 1 aliphatic heterocycles. The largest absolute Gasteiger partial charge is 0.456 e. The third-order valence-electron chi connectivity index (χ3n) is 4.52. The Morgan fingerprint density at radius 3 is 2.68 bits per heavy atom. The highest BCUT2D eigenvalue weighted by atomic mass is 19.1. The predicted molar refractivity (Wildman–Crippen MR) is 97.3 cm³/mol. The van der Waals surface area contributed by atoms with Gasteiger partial charge in [-0.2, -0.15) is 0 Å². The number of anilines is 1. The summed E-state index contributed by atoms with van der Waals surface area (Å²) in [6, 6.07) is 9.25. The van der Waals surface area contributed by atoms with E-state index in [1.165, 1.54) is 6.39 Å². The molecule has 4 heterocycles. The third kappa shape index (κ3) is 2.94. The van der Waals surface area contributed by atoms with Crippen LogP contribution in [0.3, 0.4) is 0 Å². The van der Waals surface area contributed by atoms with Crippen molar-refractivity contribution in [2.24, 2.45) is 0 Å². The van der Waals surface area contributed by atoms with Crippen LogP contribution in [0.1, 0.15) is 22.9 Å². The second kappa shape index (κ2) is 6.73. The molecule has 0 fully saturated rings. The van der Waals surface area contributed by atoms with Gasteiger partial charge in [-0.1, -0.05) is 6.07 Å². The van der Waals surface area contributed by atoms with Crippen LogP contribution in [0.2, 0.25) is 0 Å². The molecule has 1 aliphatic rings. The Bertz CT molecular complexity index is 1090. The van der Waals surface area contributed by atoms with Gasteiger partial charge in [-0.05, 0) is 35.4 Å². The summed E-state index contributed by atoms with van der Waals surface area (Å²) in [6.45, 7) is 0.524. The van der Waals surface area contributed by atoms with Crippen molar-refractivity contribution in [3.63, 3.8) is 0 Å². The highest BCUT2D eigenvalue weighted by Crippen LogP contribution is 2.41. The maximum Gasteiger partial charge on any atom is 0.226 e. The molecule has 1 unspecified atom stereocenters. The molecular weight excluding hydrogens is 361 g/mol. The Kier molecular flexibility index (Phi) is 3.93. The van der Waals surface area contributed by atoms with Gasteiger partial charge >= 0.3 is 0 Å². The van der Waals surface area contributed by atoms with Crippen LogP contribution in [0.4, 0.5) is 10.3 Å². The zero-order valence-electron chi connectivity index (χ0n) is 14.6. The first-order valence-corrected chi connectivity index (χ1v) is 8.61. The standard InChI is InChI=1S/C20H14FN5O2/c21-14-7-24-20(25-8-14)26-11-13-6-15(28-16-2-1-5-22-9-16)3-4-17(13)19(26)18-10-23-12-27-18/h1-10,12,19H,11H2. The van der Waals surface area contributed by atoms with Crippen LogP contribution in [0.5, 0.6) is 11.5 Å². The second-order valence-corrected chi connectivity index (χ2v) is 6.29. The normalized spacial score (nSPS) is 15.5. The van der Waals surface area contributed by atoms with E-state index in [1.54, 1.807) is 18.6 Å². The molecule has 0 bridgehead atoms. The maximum absolute atomic E-state index is 13.3. The topological polar surface area (TPSA) is 77.2 Å². The summed E-state index contributed by atoms with van der Waals surface area (Å²) in [5, 5.41) is 0. The van der Waals surface area contributed by atoms with Gasteiger partial charge in [0, 0.05) is 12.7 Å². The first-order valence-electron chi connectivity index (χ1n) is 8.61. The lowest BCUT2D eigenvalue weighted by molar-refractivity contribution is 0.475. The minimum absolute atomic E-state index is 0.254. The minimum Gasteiger partial charge on any atom is -0.456 e. The highest BCUT2D eigenvalue weighted by Gasteiger charge is 2.35. The lowest BCUT2D eigenvalue weighted by atomic mass is 10.0. The maximum atomic E-state index is 13.3. The molecule has 7 nitrogen and oxygen atoms in total. The summed E-state index contributed by atoms with van der Waals surface area (Å²) in [4.78, 5) is 18.3. The first-order chi connectivity index (χ1) is 13.8. The fourth-order valence-corrected chi connectivity index (χ4v) is 3.34. The van der Waals surface area contributed by atoms with E-state index in [4.69, 9.17) is 9.15 Å².